The second-order valence-electron chi connectivity index (χ2n) is 7.83. The minimum absolute atomic E-state index is 0.214. The van der Waals surface area contributed by atoms with E-state index in [4.69, 9.17) is 0 Å². The van der Waals surface area contributed by atoms with Crippen molar-refractivity contribution in [3.05, 3.63) is 12.2 Å². The average molecular weight is 321 g/mol. The van der Waals surface area contributed by atoms with Gasteiger partial charge in [-0.1, -0.05) is 51.5 Å². The number of allylic oxidation sites excluding steroid dienone is 1. The quantitative estimate of drug-likeness (QED) is 0.331. The zero-order chi connectivity index (χ0) is 16.5. The van der Waals surface area contributed by atoms with E-state index in [0.717, 1.165) is 17.8 Å². The lowest BCUT2D eigenvalue weighted by Crippen LogP contribution is -2.25. The van der Waals surface area contributed by atoms with Crippen molar-refractivity contribution in [2.75, 3.05) is 7.11 Å². The summed E-state index contributed by atoms with van der Waals surface area (Å²) in [6, 6.07) is 0. The maximum Gasteiger partial charge on any atom is 0.330 e. The van der Waals surface area contributed by atoms with Gasteiger partial charge >= 0.3 is 5.97 Å². The van der Waals surface area contributed by atoms with Gasteiger partial charge in [0.05, 0.1) is 7.11 Å². The topological polar surface area (TPSA) is 26.3 Å². The third-order valence-electron chi connectivity index (χ3n) is 6.30. The molecule has 0 bridgehead atoms. The molecule has 0 aromatic carbocycles. The van der Waals surface area contributed by atoms with Gasteiger partial charge < -0.3 is 4.74 Å². The third kappa shape index (κ3) is 6.31. The van der Waals surface area contributed by atoms with E-state index in [-0.39, 0.29) is 5.97 Å². The van der Waals surface area contributed by atoms with Gasteiger partial charge in [0.15, 0.2) is 0 Å². The van der Waals surface area contributed by atoms with Gasteiger partial charge in [0, 0.05) is 6.08 Å². The van der Waals surface area contributed by atoms with Gasteiger partial charge in [0.25, 0.3) is 0 Å². The Labute approximate surface area is 143 Å². The first kappa shape index (κ1) is 18.5. The fourth-order valence-electron chi connectivity index (χ4n) is 4.72. The van der Waals surface area contributed by atoms with E-state index < -0.39 is 0 Å². The first-order chi connectivity index (χ1) is 11.2. The second-order valence-corrected chi connectivity index (χ2v) is 7.83. The summed E-state index contributed by atoms with van der Waals surface area (Å²) in [6.07, 6.45) is 20.5. The Kier molecular flexibility index (Phi) is 8.19. The Morgan fingerprint density at radius 2 is 1.57 bits per heavy atom. The van der Waals surface area contributed by atoms with Crippen molar-refractivity contribution in [3.8, 4) is 0 Å². The number of methoxy groups -OCH3 is 1. The normalized spacial score (nSPS) is 32.1. The van der Waals surface area contributed by atoms with Crippen molar-refractivity contribution in [2.24, 2.45) is 23.7 Å². The molecule has 0 aromatic heterocycles. The smallest absolute Gasteiger partial charge is 0.330 e. The van der Waals surface area contributed by atoms with E-state index in [0.29, 0.717) is 5.92 Å². The molecule has 0 aromatic rings. The molecule has 2 heteroatoms. The number of unbranched alkanes of at least 4 members (excludes halogenated alkanes) is 2. The molecule has 0 amide bonds. The molecule has 0 saturated heterocycles. The molecule has 2 rings (SSSR count). The summed E-state index contributed by atoms with van der Waals surface area (Å²) < 4.78 is 4.68. The lowest BCUT2D eigenvalue weighted by molar-refractivity contribution is -0.134. The fraction of sp³-hybridized carbons (Fsp3) is 0.857. The number of esters is 1. The molecular formula is C21H36O2. The highest BCUT2D eigenvalue weighted by Crippen LogP contribution is 2.42. The van der Waals surface area contributed by atoms with Gasteiger partial charge in [0.2, 0.25) is 0 Å². The number of hydrogen-bond donors (Lipinski definition) is 0. The zero-order valence-electron chi connectivity index (χ0n) is 15.3. The molecule has 0 aliphatic heterocycles. The first-order valence-electron chi connectivity index (χ1n) is 9.99. The number of hydrogen-bond acceptors (Lipinski definition) is 2. The van der Waals surface area contributed by atoms with Gasteiger partial charge in [-0.2, -0.15) is 0 Å². The number of carbonyl (C=O) groups is 1. The maximum atomic E-state index is 11.2. The van der Waals surface area contributed by atoms with E-state index in [1.807, 2.05) is 0 Å². The molecular weight excluding hydrogens is 284 g/mol. The Bertz CT molecular complexity index is 358. The van der Waals surface area contributed by atoms with Crippen molar-refractivity contribution in [2.45, 2.75) is 84.0 Å². The molecule has 0 heterocycles. The van der Waals surface area contributed by atoms with Crippen LogP contribution in [0.2, 0.25) is 0 Å². The van der Waals surface area contributed by atoms with E-state index in [1.54, 1.807) is 6.08 Å². The van der Waals surface area contributed by atoms with Crippen LogP contribution in [0.3, 0.4) is 0 Å². The van der Waals surface area contributed by atoms with Crippen molar-refractivity contribution in [3.63, 3.8) is 0 Å². The monoisotopic (exact) mass is 320 g/mol. The molecule has 2 saturated carbocycles. The van der Waals surface area contributed by atoms with Gasteiger partial charge in [-0.05, 0) is 62.2 Å². The molecule has 0 N–H and O–H groups in total. The molecule has 0 unspecified atom stereocenters. The highest BCUT2D eigenvalue weighted by atomic mass is 16.5. The fourth-order valence-corrected chi connectivity index (χ4v) is 4.72. The van der Waals surface area contributed by atoms with Gasteiger partial charge in [0.1, 0.15) is 0 Å². The lowest BCUT2D eigenvalue weighted by atomic mass is 9.68. The highest BCUT2D eigenvalue weighted by Gasteiger charge is 2.30. The SMILES string of the molecule is CCCCC[C@H]1CC[C@H](C2CCC(/C=C/C(=O)OC)CC2)CC1. The molecule has 0 spiro atoms. The summed E-state index contributed by atoms with van der Waals surface area (Å²) in [6.45, 7) is 2.30. The predicted molar refractivity (Wildman–Crippen MR) is 96.2 cm³/mol. The lowest BCUT2D eigenvalue weighted by Gasteiger charge is -2.37. The van der Waals surface area contributed by atoms with Crippen LogP contribution in [0.1, 0.15) is 84.0 Å². The van der Waals surface area contributed by atoms with Crippen molar-refractivity contribution in [1.29, 1.82) is 0 Å². The molecule has 2 aliphatic rings. The molecule has 2 aliphatic carbocycles. The molecule has 2 nitrogen and oxygen atoms in total. The minimum Gasteiger partial charge on any atom is -0.466 e. The number of rotatable bonds is 7. The van der Waals surface area contributed by atoms with Crippen LogP contribution in [0, 0.1) is 23.7 Å². The second kappa shape index (κ2) is 10.2. The van der Waals surface area contributed by atoms with Crippen LogP contribution in [0.5, 0.6) is 0 Å². The summed E-state index contributed by atoms with van der Waals surface area (Å²) in [4.78, 5) is 11.2. The zero-order valence-corrected chi connectivity index (χ0v) is 15.3. The Morgan fingerprint density at radius 1 is 0.957 bits per heavy atom. The standard InChI is InChI=1S/C21H36O2/c1-3-4-5-6-17-7-12-19(13-8-17)20-14-9-18(10-15-20)11-16-21(22)23-2/h11,16-20H,3-10,12-15H2,1-2H3/b16-11+/t17-,18?,19-,20?. The van der Waals surface area contributed by atoms with Crippen LogP contribution >= 0.6 is 0 Å². The van der Waals surface area contributed by atoms with Gasteiger partial charge in [-0.3, -0.25) is 0 Å². The van der Waals surface area contributed by atoms with Crippen LogP contribution in [-0.2, 0) is 9.53 Å². The van der Waals surface area contributed by atoms with Crippen molar-refractivity contribution >= 4 is 5.97 Å². The predicted octanol–water partition coefficient (Wildman–Crippen LogP) is 5.91. The van der Waals surface area contributed by atoms with Crippen molar-refractivity contribution in [1.82, 2.24) is 0 Å². The van der Waals surface area contributed by atoms with Gasteiger partial charge in [-0.15, -0.1) is 0 Å². The van der Waals surface area contributed by atoms with E-state index >= 15 is 0 Å². The average Bonchev–Trinajstić information content (AvgIpc) is 2.61. The Hall–Kier alpha value is -0.790. The molecule has 0 radical (unpaired) electrons. The van der Waals surface area contributed by atoms with Crippen molar-refractivity contribution < 1.29 is 9.53 Å². The van der Waals surface area contributed by atoms with Crippen LogP contribution in [0.15, 0.2) is 12.2 Å². The number of carbonyl (C=O) groups excluding carboxylic acids is 1. The Balaban J connectivity index is 1.64. The molecule has 23 heavy (non-hydrogen) atoms. The summed E-state index contributed by atoms with van der Waals surface area (Å²) in [7, 11) is 1.45. The maximum absolute atomic E-state index is 11.2. The summed E-state index contributed by atoms with van der Waals surface area (Å²) >= 11 is 0. The summed E-state index contributed by atoms with van der Waals surface area (Å²) in [5.74, 6) is 3.35. The van der Waals surface area contributed by atoms with E-state index in [1.165, 1.54) is 84.2 Å². The van der Waals surface area contributed by atoms with E-state index in [2.05, 4.69) is 17.7 Å². The first-order valence-corrected chi connectivity index (χ1v) is 9.99. The van der Waals surface area contributed by atoms with Crippen LogP contribution in [-0.4, -0.2) is 13.1 Å². The third-order valence-corrected chi connectivity index (χ3v) is 6.30. The van der Waals surface area contributed by atoms with Crippen LogP contribution in [0.4, 0.5) is 0 Å². The Morgan fingerprint density at radius 3 is 2.13 bits per heavy atom. The van der Waals surface area contributed by atoms with E-state index in [9.17, 15) is 4.79 Å². The molecule has 132 valence electrons. The van der Waals surface area contributed by atoms with Crippen LogP contribution < -0.4 is 0 Å². The molecule has 2 fully saturated rings. The van der Waals surface area contributed by atoms with Crippen LogP contribution in [0.25, 0.3) is 0 Å². The largest absolute Gasteiger partial charge is 0.466 e. The molecule has 0 atom stereocenters. The minimum atomic E-state index is -0.214. The summed E-state index contributed by atoms with van der Waals surface area (Å²) in [5.41, 5.74) is 0. The van der Waals surface area contributed by atoms with Gasteiger partial charge in [-0.25, -0.2) is 4.79 Å². The highest BCUT2D eigenvalue weighted by molar-refractivity contribution is 5.81. The number of ether oxygens (including phenoxy) is 1. The summed E-state index contributed by atoms with van der Waals surface area (Å²) in [5, 5.41) is 0.